The molecule has 0 saturated carbocycles. The zero-order valence-electron chi connectivity index (χ0n) is 18.4. The summed E-state index contributed by atoms with van der Waals surface area (Å²) in [7, 11) is 0. The van der Waals surface area contributed by atoms with E-state index < -0.39 is 23.7 Å². The number of carbonyl (C=O) groups is 1. The lowest BCUT2D eigenvalue weighted by molar-refractivity contribution is -0.137. The van der Waals surface area contributed by atoms with Gasteiger partial charge in [-0.1, -0.05) is 32.9 Å². The number of alkyl halides is 3. The largest absolute Gasteiger partial charge is 0.465 e. The maximum absolute atomic E-state index is 13.5. The topological polar surface area (TPSA) is 43.8 Å². The standard InChI is InChI=1S/C24H28F4N2O2/c1-23(2,3)21-14-20(11-12-29(21)22(31)32)30(19-9-7-18(25)8-10-19)15-16-5-4-6-17(13-16)24(26,27)28/h4-10,13,20-21H,11-12,14-15H2,1-3H3,(H,31,32). The lowest BCUT2D eigenvalue weighted by atomic mass is 9.78. The van der Waals surface area contributed by atoms with E-state index >= 15 is 0 Å². The second-order valence-electron chi connectivity index (χ2n) is 9.34. The van der Waals surface area contributed by atoms with Crippen LogP contribution in [-0.4, -0.2) is 34.7 Å². The summed E-state index contributed by atoms with van der Waals surface area (Å²) >= 11 is 0. The van der Waals surface area contributed by atoms with Crippen molar-refractivity contribution in [2.45, 2.75) is 58.4 Å². The summed E-state index contributed by atoms with van der Waals surface area (Å²) in [4.78, 5) is 15.2. The van der Waals surface area contributed by atoms with Crippen molar-refractivity contribution in [3.63, 3.8) is 0 Å². The first-order valence-corrected chi connectivity index (χ1v) is 10.5. The molecule has 174 valence electrons. The summed E-state index contributed by atoms with van der Waals surface area (Å²) in [6.45, 7) is 6.45. The summed E-state index contributed by atoms with van der Waals surface area (Å²) in [5.74, 6) is -0.402. The minimum absolute atomic E-state index is 0.116. The van der Waals surface area contributed by atoms with Gasteiger partial charge >= 0.3 is 12.3 Å². The van der Waals surface area contributed by atoms with Crippen LogP contribution in [0.3, 0.4) is 0 Å². The molecule has 1 N–H and O–H groups in total. The van der Waals surface area contributed by atoms with E-state index in [1.807, 2.05) is 25.7 Å². The summed E-state index contributed by atoms with van der Waals surface area (Å²) < 4.78 is 53.2. The van der Waals surface area contributed by atoms with E-state index in [1.165, 1.54) is 23.1 Å². The number of rotatable bonds is 4. The average molecular weight is 452 g/mol. The van der Waals surface area contributed by atoms with Crippen LogP contribution in [0.2, 0.25) is 0 Å². The molecule has 1 heterocycles. The van der Waals surface area contributed by atoms with Gasteiger partial charge < -0.3 is 14.9 Å². The molecule has 3 rings (SSSR count). The highest BCUT2D eigenvalue weighted by Crippen LogP contribution is 2.36. The molecular weight excluding hydrogens is 424 g/mol. The van der Waals surface area contributed by atoms with Crippen LogP contribution in [0.1, 0.15) is 44.7 Å². The maximum Gasteiger partial charge on any atom is 0.416 e. The molecule has 4 nitrogen and oxygen atoms in total. The summed E-state index contributed by atoms with van der Waals surface area (Å²) in [6, 6.07) is 10.7. The lowest BCUT2D eigenvalue weighted by Crippen LogP contribution is -2.56. The fraction of sp³-hybridized carbons (Fsp3) is 0.458. The van der Waals surface area contributed by atoms with Gasteiger partial charge in [0.2, 0.25) is 0 Å². The molecule has 1 aliphatic heterocycles. The molecule has 0 radical (unpaired) electrons. The third kappa shape index (κ3) is 5.53. The third-order valence-corrected chi connectivity index (χ3v) is 6.03. The van der Waals surface area contributed by atoms with E-state index in [2.05, 4.69) is 0 Å². The second-order valence-corrected chi connectivity index (χ2v) is 9.34. The highest BCUT2D eigenvalue weighted by atomic mass is 19.4. The van der Waals surface area contributed by atoms with Crippen molar-refractivity contribution in [1.29, 1.82) is 0 Å². The van der Waals surface area contributed by atoms with Crippen molar-refractivity contribution < 1.29 is 27.5 Å². The van der Waals surface area contributed by atoms with E-state index in [0.717, 1.165) is 12.1 Å². The van der Waals surface area contributed by atoms with Crippen molar-refractivity contribution in [1.82, 2.24) is 4.90 Å². The average Bonchev–Trinajstić information content (AvgIpc) is 2.71. The second kappa shape index (κ2) is 9.00. The molecule has 0 aliphatic carbocycles. The maximum atomic E-state index is 13.5. The van der Waals surface area contributed by atoms with Gasteiger partial charge in [0.25, 0.3) is 0 Å². The molecule has 32 heavy (non-hydrogen) atoms. The molecule has 1 aliphatic rings. The van der Waals surface area contributed by atoms with E-state index in [0.29, 0.717) is 30.6 Å². The van der Waals surface area contributed by atoms with Crippen LogP contribution in [0.4, 0.5) is 28.0 Å². The predicted octanol–water partition coefficient (Wildman–Crippen LogP) is 6.41. The van der Waals surface area contributed by atoms with Crippen molar-refractivity contribution in [2.75, 3.05) is 11.4 Å². The summed E-state index contributed by atoms with van der Waals surface area (Å²) in [5, 5.41) is 9.65. The molecule has 0 bridgehead atoms. The number of carboxylic acid groups (broad SMARTS) is 1. The molecular formula is C24H28F4N2O2. The monoisotopic (exact) mass is 452 g/mol. The molecule has 8 heteroatoms. The quantitative estimate of drug-likeness (QED) is 0.546. The Morgan fingerprint density at radius 1 is 1.12 bits per heavy atom. The van der Waals surface area contributed by atoms with Gasteiger partial charge in [0, 0.05) is 30.9 Å². The van der Waals surface area contributed by atoms with Gasteiger partial charge in [0.05, 0.1) is 5.56 Å². The Morgan fingerprint density at radius 3 is 2.34 bits per heavy atom. The zero-order chi connectivity index (χ0) is 23.7. The lowest BCUT2D eigenvalue weighted by Gasteiger charge is -2.48. The van der Waals surface area contributed by atoms with Crippen LogP contribution >= 0.6 is 0 Å². The van der Waals surface area contributed by atoms with Crippen molar-refractivity contribution in [3.8, 4) is 0 Å². The smallest absolute Gasteiger partial charge is 0.416 e. The Labute approximate surface area is 185 Å². The number of halogens is 4. The molecule has 2 unspecified atom stereocenters. The Bertz CT molecular complexity index is 938. The Hall–Kier alpha value is -2.77. The van der Waals surface area contributed by atoms with Crippen LogP contribution in [0, 0.1) is 11.2 Å². The molecule has 2 aromatic carbocycles. The molecule has 0 spiro atoms. The van der Waals surface area contributed by atoms with Gasteiger partial charge in [-0.05, 0) is 60.2 Å². The number of hydrogen-bond donors (Lipinski definition) is 1. The van der Waals surface area contributed by atoms with Crippen LogP contribution in [0.25, 0.3) is 0 Å². The Balaban J connectivity index is 1.95. The predicted molar refractivity (Wildman–Crippen MR) is 115 cm³/mol. The number of likely N-dealkylation sites (tertiary alicyclic amines) is 1. The number of anilines is 1. The molecule has 2 aromatic rings. The Morgan fingerprint density at radius 2 is 1.78 bits per heavy atom. The van der Waals surface area contributed by atoms with E-state index in [-0.39, 0.29) is 24.0 Å². The third-order valence-electron chi connectivity index (χ3n) is 6.03. The summed E-state index contributed by atoms with van der Waals surface area (Å²) in [5.41, 5.74) is 0.131. The number of hydrogen-bond acceptors (Lipinski definition) is 2. The van der Waals surface area contributed by atoms with E-state index in [9.17, 15) is 27.5 Å². The van der Waals surface area contributed by atoms with Crippen molar-refractivity contribution >= 4 is 11.8 Å². The van der Waals surface area contributed by atoms with Crippen molar-refractivity contribution in [3.05, 3.63) is 65.5 Å². The highest BCUT2D eigenvalue weighted by Gasteiger charge is 2.40. The van der Waals surface area contributed by atoms with Gasteiger partial charge in [-0.25, -0.2) is 9.18 Å². The molecule has 0 aromatic heterocycles. The molecule has 1 fully saturated rings. The van der Waals surface area contributed by atoms with Crippen LogP contribution < -0.4 is 4.90 Å². The zero-order valence-corrected chi connectivity index (χ0v) is 18.4. The minimum atomic E-state index is -4.44. The van der Waals surface area contributed by atoms with E-state index in [4.69, 9.17) is 0 Å². The van der Waals surface area contributed by atoms with E-state index in [1.54, 1.807) is 18.2 Å². The van der Waals surface area contributed by atoms with Gasteiger partial charge in [-0.15, -0.1) is 0 Å². The number of benzene rings is 2. The molecule has 1 saturated heterocycles. The van der Waals surface area contributed by atoms with Gasteiger partial charge in [-0.2, -0.15) is 13.2 Å². The summed E-state index contributed by atoms with van der Waals surface area (Å²) in [6.07, 6.45) is -4.38. The number of piperidine rings is 1. The minimum Gasteiger partial charge on any atom is -0.465 e. The van der Waals surface area contributed by atoms with Crippen LogP contribution in [-0.2, 0) is 12.7 Å². The number of amides is 1. The first kappa shape index (κ1) is 23.9. The first-order chi connectivity index (χ1) is 14.9. The Kier molecular flexibility index (Phi) is 6.72. The normalized spacial score (nSPS) is 19.7. The van der Waals surface area contributed by atoms with Gasteiger partial charge in [0.1, 0.15) is 5.82 Å². The fourth-order valence-electron chi connectivity index (χ4n) is 4.39. The van der Waals surface area contributed by atoms with Crippen LogP contribution in [0.15, 0.2) is 48.5 Å². The highest BCUT2D eigenvalue weighted by molar-refractivity contribution is 5.66. The molecule has 1 amide bonds. The SMILES string of the molecule is CC(C)(C)C1CC(N(Cc2cccc(C(F)(F)F)c2)c2ccc(F)cc2)CCN1C(=O)O. The molecule has 2 atom stereocenters. The first-order valence-electron chi connectivity index (χ1n) is 10.5. The van der Waals surface area contributed by atoms with Crippen LogP contribution in [0.5, 0.6) is 0 Å². The fourth-order valence-corrected chi connectivity index (χ4v) is 4.39. The van der Waals surface area contributed by atoms with Gasteiger partial charge in [0.15, 0.2) is 0 Å². The number of nitrogens with zero attached hydrogens (tertiary/aromatic N) is 2. The van der Waals surface area contributed by atoms with Gasteiger partial charge in [-0.3, -0.25) is 0 Å². The van der Waals surface area contributed by atoms with Crippen molar-refractivity contribution in [2.24, 2.45) is 5.41 Å².